The Balaban J connectivity index is 1.63. The minimum absolute atomic E-state index is 0.0229. The van der Waals surface area contributed by atoms with Crippen molar-refractivity contribution >= 4 is 39.1 Å². The van der Waals surface area contributed by atoms with E-state index in [2.05, 4.69) is 5.32 Å². The van der Waals surface area contributed by atoms with Gasteiger partial charge in [0.05, 0.1) is 25.2 Å². The van der Waals surface area contributed by atoms with Crippen LogP contribution in [0.1, 0.15) is 24.1 Å². The fourth-order valence-electron chi connectivity index (χ4n) is 3.63. The second-order valence-electron chi connectivity index (χ2n) is 7.55. The van der Waals surface area contributed by atoms with Crippen LogP contribution in [0.3, 0.4) is 0 Å². The molecule has 1 N–H and O–H groups in total. The van der Waals surface area contributed by atoms with Crippen LogP contribution >= 0.6 is 22.9 Å². The molecule has 0 aliphatic rings. The van der Waals surface area contributed by atoms with Gasteiger partial charge in [0.2, 0.25) is 5.91 Å². The first kappa shape index (κ1) is 22.8. The van der Waals surface area contributed by atoms with Crippen molar-refractivity contribution in [3.05, 3.63) is 97.0 Å². The quantitative estimate of drug-likeness (QED) is 0.433. The summed E-state index contributed by atoms with van der Waals surface area (Å²) in [5, 5.41) is 5.12. The number of rotatable bonds is 7. The summed E-state index contributed by atoms with van der Waals surface area (Å²) in [6.45, 7) is 1.67. The fourth-order valence-corrected chi connectivity index (χ4v) is 4.67. The molecular formula is C24H22ClN3O4S. The molecule has 170 valence electrons. The molecule has 0 aliphatic heterocycles. The van der Waals surface area contributed by atoms with E-state index in [1.807, 2.05) is 31.2 Å². The molecule has 0 saturated heterocycles. The summed E-state index contributed by atoms with van der Waals surface area (Å²) in [4.78, 5) is 39.1. The van der Waals surface area contributed by atoms with Gasteiger partial charge in [0.25, 0.3) is 5.56 Å². The number of amides is 1. The van der Waals surface area contributed by atoms with Crippen molar-refractivity contribution in [3.8, 4) is 5.75 Å². The fraction of sp³-hybridized carbons (Fsp3) is 0.208. The number of aromatic nitrogens is 2. The van der Waals surface area contributed by atoms with Gasteiger partial charge in [0.15, 0.2) is 0 Å². The Bertz CT molecular complexity index is 1420. The minimum Gasteiger partial charge on any atom is -0.497 e. The molecule has 0 fully saturated rings. The number of fused-ring (bicyclic) bond motifs is 1. The zero-order chi connectivity index (χ0) is 23.5. The first-order valence-corrected chi connectivity index (χ1v) is 11.5. The summed E-state index contributed by atoms with van der Waals surface area (Å²) >= 11 is 7.48. The molecule has 33 heavy (non-hydrogen) atoms. The Labute approximate surface area is 198 Å². The van der Waals surface area contributed by atoms with Crippen LogP contribution in [0.25, 0.3) is 10.2 Å². The molecule has 9 heteroatoms. The van der Waals surface area contributed by atoms with Crippen molar-refractivity contribution in [2.75, 3.05) is 7.11 Å². The average molecular weight is 484 g/mol. The molecule has 1 atom stereocenters. The predicted octanol–water partition coefficient (Wildman–Crippen LogP) is 3.81. The topological polar surface area (TPSA) is 82.3 Å². The van der Waals surface area contributed by atoms with Gasteiger partial charge in [-0.05, 0) is 47.7 Å². The second-order valence-corrected chi connectivity index (χ2v) is 8.87. The van der Waals surface area contributed by atoms with E-state index in [9.17, 15) is 14.4 Å². The molecule has 4 aromatic rings. The maximum Gasteiger partial charge on any atom is 0.332 e. The maximum absolute atomic E-state index is 13.3. The minimum atomic E-state index is -0.557. The lowest BCUT2D eigenvalue weighted by molar-refractivity contribution is -0.122. The molecule has 0 aliphatic carbocycles. The summed E-state index contributed by atoms with van der Waals surface area (Å²) < 4.78 is 8.04. The molecule has 7 nitrogen and oxygen atoms in total. The van der Waals surface area contributed by atoms with Crippen molar-refractivity contribution < 1.29 is 9.53 Å². The van der Waals surface area contributed by atoms with Crippen molar-refractivity contribution in [1.82, 2.24) is 14.5 Å². The molecule has 0 radical (unpaired) electrons. The summed E-state index contributed by atoms with van der Waals surface area (Å²) in [5.74, 6) is 0.389. The molecule has 2 heterocycles. The van der Waals surface area contributed by atoms with Crippen LogP contribution in [0.2, 0.25) is 5.02 Å². The van der Waals surface area contributed by atoms with Gasteiger partial charge in [0, 0.05) is 5.02 Å². The molecular weight excluding hydrogens is 462 g/mol. The van der Waals surface area contributed by atoms with Crippen molar-refractivity contribution in [1.29, 1.82) is 0 Å². The van der Waals surface area contributed by atoms with Gasteiger partial charge in [-0.15, -0.1) is 11.3 Å². The van der Waals surface area contributed by atoms with Crippen LogP contribution in [0.15, 0.2) is 69.6 Å². The lowest BCUT2D eigenvalue weighted by Crippen LogP contribution is -2.42. The van der Waals surface area contributed by atoms with Gasteiger partial charge >= 0.3 is 5.69 Å². The third kappa shape index (κ3) is 4.72. The van der Waals surface area contributed by atoms with E-state index in [-0.39, 0.29) is 25.0 Å². The highest BCUT2D eigenvalue weighted by atomic mass is 35.5. The van der Waals surface area contributed by atoms with Gasteiger partial charge in [-0.25, -0.2) is 4.79 Å². The Hall–Kier alpha value is -3.36. The average Bonchev–Trinajstić information content (AvgIpc) is 3.31. The summed E-state index contributed by atoms with van der Waals surface area (Å²) in [5.41, 5.74) is 1.04. The SMILES string of the molecule is COc1ccc([C@@H](C)NC(=O)Cn2c(=O)n(Cc3ccccc3Cl)c(=O)c3sccc32)cc1. The Morgan fingerprint density at radius 1 is 1.09 bits per heavy atom. The lowest BCUT2D eigenvalue weighted by atomic mass is 10.1. The van der Waals surface area contributed by atoms with Crippen LogP contribution < -0.4 is 21.3 Å². The van der Waals surface area contributed by atoms with E-state index in [1.54, 1.807) is 42.8 Å². The van der Waals surface area contributed by atoms with E-state index in [0.717, 1.165) is 15.9 Å². The molecule has 1 amide bonds. The Morgan fingerprint density at radius 2 is 1.82 bits per heavy atom. The molecule has 4 rings (SSSR count). The largest absolute Gasteiger partial charge is 0.497 e. The summed E-state index contributed by atoms with van der Waals surface area (Å²) in [6.07, 6.45) is 0. The van der Waals surface area contributed by atoms with E-state index < -0.39 is 11.2 Å². The number of carbonyl (C=O) groups is 1. The summed E-state index contributed by atoms with van der Waals surface area (Å²) in [7, 11) is 1.59. The van der Waals surface area contributed by atoms with Gasteiger partial charge < -0.3 is 10.1 Å². The van der Waals surface area contributed by atoms with Gasteiger partial charge in [-0.1, -0.05) is 41.9 Å². The monoisotopic (exact) mass is 483 g/mol. The third-order valence-corrected chi connectivity index (χ3v) is 6.68. The number of hydrogen-bond acceptors (Lipinski definition) is 5. The first-order valence-electron chi connectivity index (χ1n) is 10.3. The smallest absolute Gasteiger partial charge is 0.332 e. The van der Waals surface area contributed by atoms with E-state index in [4.69, 9.17) is 16.3 Å². The molecule has 2 aromatic heterocycles. The number of methoxy groups -OCH3 is 1. The summed E-state index contributed by atoms with van der Waals surface area (Å²) in [6, 6.07) is 15.8. The number of carbonyl (C=O) groups excluding carboxylic acids is 1. The van der Waals surface area contributed by atoms with Crippen molar-refractivity contribution in [2.24, 2.45) is 0 Å². The number of benzene rings is 2. The molecule has 0 spiro atoms. The van der Waals surface area contributed by atoms with Crippen molar-refractivity contribution in [2.45, 2.75) is 26.1 Å². The number of ether oxygens (including phenoxy) is 1. The van der Waals surface area contributed by atoms with E-state index in [0.29, 0.717) is 20.8 Å². The maximum atomic E-state index is 13.3. The molecule has 0 saturated carbocycles. The standard InChI is InChI=1S/C24H22ClN3O4S/c1-15(16-7-9-18(32-2)10-8-16)26-21(29)14-27-20-11-12-33-22(20)23(30)28(24(27)31)13-17-5-3-4-6-19(17)25/h3-12,15H,13-14H2,1-2H3,(H,26,29)/t15-/m1/s1. The van der Waals surface area contributed by atoms with Crippen LogP contribution in [-0.4, -0.2) is 22.2 Å². The van der Waals surface area contributed by atoms with Crippen LogP contribution in [0.5, 0.6) is 5.75 Å². The van der Waals surface area contributed by atoms with Gasteiger partial charge in [0.1, 0.15) is 17.0 Å². The second kappa shape index (κ2) is 9.64. The van der Waals surface area contributed by atoms with Crippen LogP contribution in [0, 0.1) is 0 Å². The van der Waals surface area contributed by atoms with Gasteiger partial charge in [-0.2, -0.15) is 0 Å². The van der Waals surface area contributed by atoms with E-state index in [1.165, 1.54) is 15.9 Å². The highest BCUT2D eigenvalue weighted by Crippen LogP contribution is 2.19. The van der Waals surface area contributed by atoms with Gasteiger partial charge in [-0.3, -0.25) is 18.7 Å². The van der Waals surface area contributed by atoms with E-state index >= 15 is 0 Å². The third-order valence-electron chi connectivity index (χ3n) is 5.42. The zero-order valence-electron chi connectivity index (χ0n) is 18.1. The van der Waals surface area contributed by atoms with Crippen molar-refractivity contribution in [3.63, 3.8) is 0 Å². The molecule has 2 aromatic carbocycles. The Morgan fingerprint density at radius 3 is 2.52 bits per heavy atom. The molecule has 0 unspecified atom stereocenters. The zero-order valence-corrected chi connectivity index (χ0v) is 19.7. The number of hydrogen-bond donors (Lipinski definition) is 1. The normalized spacial score (nSPS) is 12.0. The van der Waals surface area contributed by atoms with Crippen LogP contribution in [0.4, 0.5) is 0 Å². The van der Waals surface area contributed by atoms with Crippen LogP contribution in [-0.2, 0) is 17.9 Å². The predicted molar refractivity (Wildman–Crippen MR) is 130 cm³/mol. The number of nitrogens with zero attached hydrogens (tertiary/aromatic N) is 2. The highest BCUT2D eigenvalue weighted by molar-refractivity contribution is 7.17. The lowest BCUT2D eigenvalue weighted by Gasteiger charge is -2.17. The molecule has 0 bridgehead atoms. The first-order chi connectivity index (χ1) is 15.9. The highest BCUT2D eigenvalue weighted by Gasteiger charge is 2.18. The number of halogens is 1. The number of thiophene rings is 1. The Kier molecular flexibility index (Phi) is 6.67. The number of nitrogens with one attached hydrogen (secondary N) is 1.